The van der Waals surface area contributed by atoms with E-state index in [-0.39, 0.29) is 5.78 Å². The Hall–Kier alpha value is -3.72. The zero-order chi connectivity index (χ0) is 26.0. The maximum absolute atomic E-state index is 13.7. The molecule has 38 heavy (non-hydrogen) atoms. The molecule has 194 valence electrons. The molecular formula is C35H38N2O. The van der Waals surface area contributed by atoms with Gasteiger partial charge in [-0.15, -0.1) is 0 Å². The summed E-state index contributed by atoms with van der Waals surface area (Å²) >= 11 is 0. The summed E-state index contributed by atoms with van der Waals surface area (Å²) in [5.74, 6) is 1.01. The number of imidazole rings is 1. The Morgan fingerprint density at radius 2 is 1.29 bits per heavy atom. The Balaban J connectivity index is 1.43. The van der Waals surface area contributed by atoms with Crippen LogP contribution in [0.3, 0.4) is 0 Å². The average molecular weight is 503 g/mol. The van der Waals surface area contributed by atoms with Gasteiger partial charge in [-0.05, 0) is 41.9 Å². The number of nitrogens with zero attached hydrogens (tertiary/aromatic N) is 2. The SMILES string of the molecule is O=C(CC/C=C/CCC1CCCCC1)c1cncn1C(c1ccccc1)(c1ccccc1)c1ccccc1. The molecule has 0 aliphatic heterocycles. The van der Waals surface area contributed by atoms with Gasteiger partial charge in [-0.1, -0.05) is 135 Å². The van der Waals surface area contributed by atoms with Crippen molar-refractivity contribution < 1.29 is 4.79 Å². The maximum atomic E-state index is 13.7. The number of hydrogen-bond donors (Lipinski definition) is 0. The molecule has 1 fully saturated rings. The van der Waals surface area contributed by atoms with Gasteiger partial charge in [0.1, 0.15) is 11.2 Å². The molecule has 1 aliphatic rings. The zero-order valence-corrected chi connectivity index (χ0v) is 22.2. The Morgan fingerprint density at radius 3 is 1.84 bits per heavy atom. The van der Waals surface area contributed by atoms with E-state index in [1.54, 1.807) is 6.20 Å². The minimum absolute atomic E-state index is 0.117. The van der Waals surface area contributed by atoms with Crippen LogP contribution in [0.1, 0.15) is 85.0 Å². The number of carbonyl (C=O) groups is 1. The summed E-state index contributed by atoms with van der Waals surface area (Å²) in [6.07, 6.45) is 18.6. The van der Waals surface area contributed by atoms with Crippen molar-refractivity contribution in [3.05, 3.63) is 138 Å². The second kappa shape index (κ2) is 12.7. The van der Waals surface area contributed by atoms with Gasteiger partial charge in [0.05, 0.1) is 12.5 Å². The highest BCUT2D eigenvalue weighted by atomic mass is 16.1. The van der Waals surface area contributed by atoms with E-state index in [4.69, 9.17) is 0 Å². The summed E-state index contributed by atoms with van der Waals surface area (Å²) in [6.45, 7) is 0. The molecule has 1 saturated carbocycles. The first-order valence-electron chi connectivity index (χ1n) is 14.2. The van der Waals surface area contributed by atoms with E-state index in [9.17, 15) is 4.79 Å². The number of ketones is 1. The third-order valence-electron chi connectivity index (χ3n) is 8.03. The van der Waals surface area contributed by atoms with Crippen LogP contribution in [0, 0.1) is 5.92 Å². The van der Waals surface area contributed by atoms with Crippen LogP contribution in [-0.4, -0.2) is 15.3 Å². The van der Waals surface area contributed by atoms with Gasteiger partial charge in [0.2, 0.25) is 0 Å². The lowest BCUT2D eigenvalue weighted by Gasteiger charge is -2.38. The van der Waals surface area contributed by atoms with Gasteiger partial charge in [-0.3, -0.25) is 4.79 Å². The molecule has 0 amide bonds. The minimum atomic E-state index is -0.721. The summed E-state index contributed by atoms with van der Waals surface area (Å²) in [5.41, 5.74) is 3.18. The van der Waals surface area contributed by atoms with E-state index in [0.717, 1.165) is 35.4 Å². The Bertz CT molecular complexity index is 1210. The fraction of sp³-hybridized carbons (Fsp3) is 0.314. The van der Waals surface area contributed by atoms with Crippen LogP contribution < -0.4 is 0 Å². The van der Waals surface area contributed by atoms with Gasteiger partial charge in [-0.25, -0.2) is 4.98 Å². The van der Waals surface area contributed by atoms with Crippen molar-refractivity contribution in [1.29, 1.82) is 0 Å². The highest BCUT2D eigenvalue weighted by Crippen LogP contribution is 2.41. The van der Waals surface area contributed by atoms with Gasteiger partial charge >= 0.3 is 0 Å². The van der Waals surface area contributed by atoms with Crippen molar-refractivity contribution in [2.45, 2.75) is 63.3 Å². The quantitative estimate of drug-likeness (QED) is 0.117. The third kappa shape index (κ3) is 5.57. The van der Waals surface area contributed by atoms with Crippen LogP contribution in [0.2, 0.25) is 0 Å². The van der Waals surface area contributed by atoms with Gasteiger partial charge in [0.25, 0.3) is 0 Å². The fourth-order valence-electron chi connectivity index (χ4n) is 6.11. The zero-order valence-electron chi connectivity index (χ0n) is 22.2. The molecule has 0 bridgehead atoms. The largest absolute Gasteiger partial charge is 0.309 e. The molecule has 0 spiro atoms. The van der Waals surface area contributed by atoms with Crippen molar-refractivity contribution in [1.82, 2.24) is 9.55 Å². The average Bonchev–Trinajstić information content (AvgIpc) is 3.48. The summed E-state index contributed by atoms with van der Waals surface area (Å²) in [6, 6.07) is 31.3. The summed E-state index contributed by atoms with van der Waals surface area (Å²) < 4.78 is 2.09. The van der Waals surface area contributed by atoms with Gasteiger partial charge in [0, 0.05) is 6.42 Å². The molecular weight excluding hydrogens is 464 g/mol. The van der Waals surface area contributed by atoms with Crippen LogP contribution in [0.5, 0.6) is 0 Å². The lowest BCUT2D eigenvalue weighted by molar-refractivity contribution is 0.0972. The first-order valence-corrected chi connectivity index (χ1v) is 14.2. The highest BCUT2D eigenvalue weighted by molar-refractivity contribution is 5.94. The summed E-state index contributed by atoms with van der Waals surface area (Å²) in [7, 11) is 0. The van der Waals surface area contributed by atoms with E-state index in [1.165, 1.54) is 38.5 Å². The molecule has 3 aromatic carbocycles. The van der Waals surface area contributed by atoms with E-state index in [1.807, 2.05) is 24.5 Å². The number of benzene rings is 3. The fourth-order valence-corrected chi connectivity index (χ4v) is 6.11. The van der Waals surface area contributed by atoms with E-state index in [0.29, 0.717) is 12.1 Å². The second-order valence-electron chi connectivity index (χ2n) is 10.5. The monoisotopic (exact) mass is 502 g/mol. The molecule has 1 heterocycles. The van der Waals surface area contributed by atoms with Crippen molar-refractivity contribution in [2.24, 2.45) is 5.92 Å². The molecule has 1 aromatic heterocycles. The van der Waals surface area contributed by atoms with Crippen molar-refractivity contribution in [3.63, 3.8) is 0 Å². The highest BCUT2D eigenvalue weighted by Gasteiger charge is 2.40. The summed E-state index contributed by atoms with van der Waals surface area (Å²) in [5, 5.41) is 0. The molecule has 3 nitrogen and oxygen atoms in total. The Morgan fingerprint density at radius 1 is 0.763 bits per heavy atom. The van der Waals surface area contributed by atoms with Crippen LogP contribution in [0.25, 0.3) is 0 Å². The first kappa shape index (κ1) is 25.9. The minimum Gasteiger partial charge on any atom is -0.309 e. The molecule has 3 heteroatoms. The van der Waals surface area contributed by atoms with E-state index < -0.39 is 5.54 Å². The van der Waals surface area contributed by atoms with Crippen molar-refractivity contribution in [2.75, 3.05) is 0 Å². The first-order chi connectivity index (χ1) is 18.8. The number of hydrogen-bond acceptors (Lipinski definition) is 2. The van der Waals surface area contributed by atoms with Gasteiger partial charge < -0.3 is 4.57 Å². The van der Waals surface area contributed by atoms with Crippen LogP contribution in [-0.2, 0) is 5.54 Å². The van der Waals surface area contributed by atoms with Crippen molar-refractivity contribution >= 4 is 5.78 Å². The number of allylic oxidation sites excluding steroid dienone is 2. The molecule has 4 aromatic rings. The molecule has 0 saturated heterocycles. The molecule has 1 aliphatic carbocycles. The van der Waals surface area contributed by atoms with Crippen LogP contribution in [0.4, 0.5) is 0 Å². The lowest BCUT2D eigenvalue weighted by atomic mass is 9.76. The molecule has 5 rings (SSSR count). The smallest absolute Gasteiger partial charge is 0.181 e. The number of Topliss-reactive ketones (excluding diaryl/α,β-unsaturated/α-hetero) is 1. The molecule has 0 N–H and O–H groups in total. The maximum Gasteiger partial charge on any atom is 0.181 e. The van der Waals surface area contributed by atoms with Crippen LogP contribution >= 0.6 is 0 Å². The van der Waals surface area contributed by atoms with E-state index in [2.05, 4.69) is 94.5 Å². The number of aromatic nitrogens is 2. The predicted octanol–water partition coefficient (Wildman–Crippen LogP) is 8.60. The lowest BCUT2D eigenvalue weighted by Crippen LogP contribution is -2.39. The third-order valence-corrected chi connectivity index (χ3v) is 8.03. The normalized spacial score (nSPS) is 14.6. The van der Waals surface area contributed by atoms with Gasteiger partial charge in [-0.2, -0.15) is 0 Å². The van der Waals surface area contributed by atoms with Crippen molar-refractivity contribution in [3.8, 4) is 0 Å². The number of carbonyl (C=O) groups excluding carboxylic acids is 1. The predicted molar refractivity (Wildman–Crippen MR) is 155 cm³/mol. The Kier molecular flexibility index (Phi) is 8.65. The molecule has 0 unspecified atom stereocenters. The molecule has 0 atom stereocenters. The summed E-state index contributed by atoms with van der Waals surface area (Å²) in [4.78, 5) is 18.2. The standard InChI is InChI=1S/C35H38N2O/c38-34(26-16-2-1-7-17-29-18-8-3-9-19-29)33-27-36-28-37(33)35(30-20-10-4-11-21-30,31-22-12-5-13-23-31)32-24-14-6-15-25-32/h1-2,4-6,10-15,20-25,27-29H,3,7-9,16-19,26H2/b2-1+. The molecule has 0 radical (unpaired) electrons. The van der Waals surface area contributed by atoms with Crippen LogP contribution in [0.15, 0.2) is 116 Å². The van der Waals surface area contributed by atoms with Gasteiger partial charge in [0.15, 0.2) is 5.78 Å². The van der Waals surface area contributed by atoms with E-state index >= 15 is 0 Å². The Labute approximate surface area is 227 Å². The second-order valence-corrected chi connectivity index (χ2v) is 10.5. The topological polar surface area (TPSA) is 34.9 Å². The number of rotatable bonds is 11.